The van der Waals surface area contributed by atoms with E-state index in [-0.39, 0.29) is 6.10 Å². The normalized spacial score (nSPS) is 18.0. The fourth-order valence-electron chi connectivity index (χ4n) is 3.36. The van der Waals surface area contributed by atoms with Crippen molar-refractivity contribution >= 4 is 6.08 Å². The van der Waals surface area contributed by atoms with Gasteiger partial charge in [0.05, 0.1) is 12.7 Å². The zero-order chi connectivity index (χ0) is 14.5. The minimum absolute atomic E-state index is 0.216. The SMILES string of the molecule is C=Cc1ccccc1COC(C1=CCCC1)C1=CCCC1. The standard InChI is InChI=1S/C20H24O/c1-2-16-9-3-8-14-19(16)15-21-20(17-10-4-5-11-17)18-12-6-7-13-18/h2-3,8-10,12,14,20H,1,4-7,11,13,15H2. The topological polar surface area (TPSA) is 9.23 Å². The van der Waals surface area contributed by atoms with Gasteiger partial charge in [-0.1, -0.05) is 49.1 Å². The average molecular weight is 280 g/mol. The van der Waals surface area contributed by atoms with Gasteiger partial charge >= 0.3 is 0 Å². The molecule has 1 nitrogen and oxygen atoms in total. The molecule has 1 heteroatoms. The zero-order valence-electron chi connectivity index (χ0n) is 12.7. The first-order valence-electron chi connectivity index (χ1n) is 8.08. The number of allylic oxidation sites excluding steroid dienone is 2. The molecule has 0 spiro atoms. The molecule has 0 saturated heterocycles. The molecule has 0 fully saturated rings. The maximum atomic E-state index is 6.35. The van der Waals surface area contributed by atoms with Crippen molar-refractivity contribution in [3.63, 3.8) is 0 Å². The number of rotatable bonds is 6. The molecule has 0 heterocycles. The van der Waals surface area contributed by atoms with E-state index in [1.165, 1.54) is 60.8 Å². The molecule has 2 aliphatic carbocycles. The Labute approximate surface area is 128 Å². The highest BCUT2D eigenvalue weighted by Crippen LogP contribution is 2.33. The second-order valence-electron chi connectivity index (χ2n) is 5.94. The third kappa shape index (κ3) is 3.36. The fourth-order valence-corrected chi connectivity index (χ4v) is 3.36. The first-order valence-corrected chi connectivity index (χ1v) is 8.08. The summed E-state index contributed by atoms with van der Waals surface area (Å²) in [5.41, 5.74) is 5.41. The number of hydrogen-bond acceptors (Lipinski definition) is 1. The molecular weight excluding hydrogens is 256 g/mol. The summed E-state index contributed by atoms with van der Waals surface area (Å²) < 4.78 is 6.35. The number of hydrogen-bond donors (Lipinski definition) is 0. The molecule has 0 bridgehead atoms. The lowest BCUT2D eigenvalue weighted by atomic mass is 10.00. The van der Waals surface area contributed by atoms with E-state index < -0.39 is 0 Å². The van der Waals surface area contributed by atoms with Gasteiger partial charge in [-0.3, -0.25) is 0 Å². The molecule has 0 unspecified atom stereocenters. The van der Waals surface area contributed by atoms with Gasteiger partial charge in [-0.05, 0) is 60.8 Å². The molecule has 21 heavy (non-hydrogen) atoms. The summed E-state index contributed by atoms with van der Waals surface area (Å²) in [4.78, 5) is 0. The Morgan fingerprint density at radius 2 is 1.71 bits per heavy atom. The van der Waals surface area contributed by atoms with Gasteiger partial charge in [0.25, 0.3) is 0 Å². The third-order valence-corrected chi connectivity index (χ3v) is 4.51. The van der Waals surface area contributed by atoms with Gasteiger partial charge in [0.2, 0.25) is 0 Å². The lowest BCUT2D eigenvalue weighted by molar-refractivity contribution is 0.0841. The van der Waals surface area contributed by atoms with E-state index in [1.54, 1.807) is 0 Å². The van der Waals surface area contributed by atoms with Crippen molar-refractivity contribution in [2.24, 2.45) is 0 Å². The van der Waals surface area contributed by atoms with Crippen LogP contribution >= 0.6 is 0 Å². The van der Waals surface area contributed by atoms with Crippen LogP contribution in [-0.2, 0) is 11.3 Å². The molecule has 3 rings (SSSR count). The minimum atomic E-state index is 0.216. The van der Waals surface area contributed by atoms with Crippen molar-refractivity contribution in [2.45, 2.75) is 51.2 Å². The van der Waals surface area contributed by atoms with E-state index in [2.05, 4.69) is 43.0 Å². The molecule has 0 radical (unpaired) electrons. The zero-order valence-corrected chi connectivity index (χ0v) is 12.7. The Morgan fingerprint density at radius 3 is 2.29 bits per heavy atom. The molecule has 0 atom stereocenters. The second kappa shape index (κ2) is 6.91. The van der Waals surface area contributed by atoms with Crippen molar-refractivity contribution in [2.75, 3.05) is 0 Å². The smallest absolute Gasteiger partial charge is 0.1000 e. The largest absolute Gasteiger partial charge is 0.365 e. The highest BCUT2D eigenvalue weighted by molar-refractivity contribution is 5.51. The monoisotopic (exact) mass is 280 g/mol. The quantitative estimate of drug-likeness (QED) is 0.631. The lowest BCUT2D eigenvalue weighted by Crippen LogP contribution is -2.17. The predicted octanol–water partition coefficient (Wildman–Crippen LogP) is 5.44. The average Bonchev–Trinajstić information content (AvgIpc) is 3.22. The van der Waals surface area contributed by atoms with Gasteiger partial charge in [-0.2, -0.15) is 0 Å². The van der Waals surface area contributed by atoms with Crippen LogP contribution in [-0.4, -0.2) is 6.10 Å². The Bertz CT molecular complexity index is 541. The van der Waals surface area contributed by atoms with E-state index in [0.29, 0.717) is 6.61 Å². The van der Waals surface area contributed by atoms with Gasteiger partial charge < -0.3 is 4.74 Å². The molecule has 0 saturated carbocycles. The summed E-state index contributed by atoms with van der Waals surface area (Å²) in [7, 11) is 0. The van der Waals surface area contributed by atoms with E-state index >= 15 is 0 Å². The van der Waals surface area contributed by atoms with Crippen LogP contribution in [0.3, 0.4) is 0 Å². The summed E-state index contributed by atoms with van der Waals surface area (Å²) in [5.74, 6) is 0. The fraction of sp³-hybridized carbons (Fsp3) is 0.400. The van der Waals surface area contributed by atoms with E-state index in [9.17, 15) is 0 Å². The summed E-state index contributed by atoms with van der Waals surface area (Å²) in [6, 6.07) is 8.37. The molecule has 1 aromatic rings. The minimum Gasteiger partial charge on any atom is -0.365 e. The molecule has 0 amide bonds. The lowest BCUT2D eigenvalue weighted by Gasteiger charge is -2.21. The molecular formula is C20H24O. The van der Waals surface area contributed by atoms with Crippen LogP contribution in [0, 0.1) is 0 Å². The van der Waals surface area contributed by atoms with Gasteiger partial charge in [0.1, 0.15) is 0 Å². The van der Waals surface area contributed by atoms with Crippen molar-refractivity contribution < 1.29 is 4.74 Å². The Balaban J connectivity index is 1.74. The van der Waals surface area contributed by atoms with E-state index in [4.69, 9.17) is 4.74 Å². The van der Waals surface area contributed by atoms with Gasteiger partial charge in [0.15, 0.2) is 0 Å². The highest BCUT2D eigenvalue weighted by Gasteiger charge is 2.23. The molecule has 0 aromatic heterocycles. The summed E-state index contributed by atoms with van der Waals surface area (Å²) in [5, 5.41) is 0. The van der Waals surface area contributed by atoms with Crippen LogP contribution in [0.2, 0.25) is 0 Å². The van der Waals surface area contributed by atoms with Gasteiger partial charge in [0, 0.05) is 0 Å². The van der Waals surface area contributed by atoms with E-state index in [1.807, 2.05) is 6.08 Å². The molecule has 110 valence electrons. The summed E-state index contributed by atoms with van der Waals surface area (Å²) in [6.45, 7) is 4.56. The van der Waals surface area contributed by atoms with Crippen molar-refractivity contribution in [1.82, 2.24) is 0 Å². The Kier molecular flexibility index (Phi) is 4.72. The Hall–Kier alpha value is -1.60. The van der Waals surface area contributed by atoms with Crippen molar-refractivity contribution in [3.05, 3.63) is 65.3 Å². The van der Waals surface area contributed by atoms with Crippen LogP contribution in [0.1, 0.15) is 49.7 Å². The van der Waals surface area contributed by atoms with Crippen LogP contribution in [0.5, 0.6) is 0 Å². The molecule has 1 aromatic carbocycles. The van der Waals surface area contributed by atoms with Crippen LogP contribution < -0.4 is 0 Å². The predicted molar refractivity (Wildman–Crippen MR) is 89.0 cm³/mol. The van der Waals surface area contributed by atoms with E-state index in [0.717, 1.165) is 0 Å². The highest BCUT2D eigenvalue weighted by atomic mass is 16.5. The van der Waals surface area contributed by atoms with Crippen LogP contribution in [0.4, 0.5) is 0 Å². The molecule has 0 N–H and O–H groups in total. The molecule has 0 aliphatic heterocycles. The number of benzene rings is 1. The van der Waals surface area contributed by atoms with Crippen molar-refractivity contribution in [3.8, 4) is 0 Å². The maximum Gasteiger partial charge on any atom is 0.1000 e. The van der Waals surface area contributed by atoms with Crippen molar-refractivity contribution in [1.29, 1.82) is 0 Å². The Morgan fingerprint density at radius 1 is 1.05 bits per heavy atom. The van der Waals surface area contributed by atoms with Crippen LogP contribution in [0.15, 0.2) is 54.1 Å². The third-order valence-electron chi connectivity index (χ3n) is 4.51. The number of ether oxygens (including phenoxy) is 1. The second-order valence-corrected chi connectivity index (χ2v) is 5.94. The van der Waals surface area contributed by atoms with Crippen LogP contribution in [0.25, 0.3) is 6.08 Å². The first kappa shape index (κ1) is 14.3. The summed E-state index contributed by atoms with van der Waals surface area (Å²) >= 11 is 0. The molecule has 2 aliphatic rings. The summed E-state index contributed by atoms with van der Waals surface area (Å²) in [6.07, 6.45) is 14.3. The van der Waals surface area contributed by atoms with Gasteiger partial charge in [-0.25, -0.2) is 0 Å². The maximum absolute atomic E-state index is 6.35. The van der Waals surface area contributed by atoms with Gasteiger partial charge in [-0.15, -0.1) is 0 Å². The first-order chi connectivity index (χ1) is 10.4.